The minimum absolute atomic E-state index is 0.0150. The zero-order chi connectivity index (χ0) is 16.3. The molecule has 22 heavy (non-hydrogen) atoms. The maximum absolute atomic E-state index is 11.0. The molecule has 7 nitrogen and oxygen atoms in total. The maximum atomic E-state index is 11.0. The first-order valence-electron chi connectivity index (χ1n) is 6.45. The maximum Gasteiger partial charge on any atom is 0.448 e. The number of hydrogen-bond donors (Lipinski definition) is 5. The van der Waals surface area contributed by atoms with Crippen LogP contribution < -0.4 is 0 Å². The second kappa shape index (κ2) is 6.46. The molecule has 0 heterocycles. The van der Waals surface area contributed by atoms with Crippen LogP contribution in [0, 0.1) is 5.92 Å². The molecule has 0 spiro atoms. The number of aliphatic hydroxyl groups excluding tert-OH is 2. The molecule has 118 valence electrons. The van der Waals surface area contributed by atoms with Crippen molar-refractivity contribution in [2.75, 3.05) is 0 Å². The molecular weight excluding hydrogens is 309 g/mol. The minimum Gasteiger partial charge on any atom is -0.508 e. The topological polar surface area (TPSA) is 131 Å². The number of aliphatic hydroxyl groups is 2. The number of phenolic OH excluding ortho intramolecular Hbond substituents is 1. The van der Waals surface area contributed by atoms with Gasteiger partial charge in [-0.2, -0.15) is 4.76 Å². The van der Waals surface area contributed by atoms with E-state index in [0.29, 0.717) is 5.56 Å². The fourth-order valence-electron chi connectivity index (χ4n) is 2.22. The van der Waals surface area contributed by atoms with Gasteiger partial charge < -0.3 is 25.1 Å². The van der Waals surface area contributed by atoms with Crippen LogP contribution in [0.3, 0.4) is 0 Å². The van der Waals surface area contributed by atoms with Gasteiger partial charge in [-0.1, -0.05) is 12.1 Å². The highest BCUT2D eigenvalue weighted by atomic mass is 31.2. The highest BCUT2D eigenvalue weighted by Gasteiger charge is 2.27. The highest BCUT2D eigenvalue weighted by Crippen LogP contribution is 2.38. The monoisotopic (exact) mass is 325 g/mol. The summed E-state index contributed by atoms with van der Waals surface area (Å²) in [5, 5.41) is 29.2. The molecule has 1 aromatic rings. The van der Waals surface area contributed by atoms with E-state index in [-0.39, 0.29) is 23.6 Å². The summed E-state index contributed by atoms with van der Waals surface area (Å²) >= 11 is 0. The fourth-order valence-corrected chi connectivity index (χ4v) is 2.72. The van der Waals surface area contributed by atoms with Gasteiger partial charge >= 0.3 is 7.75 Å². The molecule has 0 aromatic heterocycles. The summed E-state index contributed by atoms with van der Waals surface area (Å²) in [5.74, 6) is -0.930. The smallest absolute Gasteiger partial charge is 0.448 e. The van der Waals surface area contributed by atoms with Gasteiger partial charge in [0.2, 0.25) is 0 Å². The number of aromatic hydroxyl groups is 1. The molecule has 0 amide bonds. The molecule has 0 fully saturated rings. The predicted molar refractivity (Wildman–Crippen MR) is 80.6 cm³/mol. The number of rotatable bonds is 4. The first kappa shape index (κ1) is 16.5. The number of hydrogen-bond acceptors (Lipinski definition) is 4. The standard InChI is InChI=1S/C14H16NO6P/c16-10-3-1-2-9(6-10)7-14(18)12-8-11(17)4-5-13(12)15-22(19,20)21/h1-6,8,12,14,16-18H,7H2,(H2,19,20,21). The quantitative estimate of drug-likeness (QED) is 0.533. The van der Waals surface area contributed by atoms with E-state index < -0.39 is 19.8 Å². The van der Waals surface area contributed by atoms with Gasteiger partial charge in [0.15, 0.2) is 0 Å². The Bertz CT molecular complexity index is 690. The lowest BCUT2D eigenvalue weighted by atomic mass is 9.88. The minimum atomic E-state index is -4.65. The van der Waals surface area contributed by atoms with Crippen molar-refractivity contribution in [3.05, 3.63) is 53.8 Å². The largest absolute Gasteiger partial charge is 0.508 e. The Hall–Kier alpha value is -1.92. The van der Waals surface area contributed by atoms with E-state index in [1.165, 1.54) is 30.4 Å². The van der Waals surface area contributed by atoms with Gasteiger partial charge in [0.25, 0.3) is 0 Å². The van der Waals surface area contributed by atoms with Crippen LogP contribution in [0.15, 0.2) is 53.0 Å². The van der Waals surface area contributed by atoms with Crippen LogP contribution in [0.1, 0.15) is 5.56 Å². The van der Waals surface area contributed by atoms with Crippen LogP contribution in [0.25, 0.3) is 0 Å². The van der Waals surface area contributed by atoms with Gasteiger partial charge in [-0.05, 0) is 42.3 Å². The molecule has 0 bridgehead atoms. The summed E-state index contributed by atoms with van der Waals surface area (Å²) in [6.07, 6.45) is 2.83. The second-order valence-corrected chi connectivity index (χ2v) is 6.16. The summed E-state index contributed by atoms with van der Waals surface area (Å²) in [6, 6.07) is 6.29. The normalized spacial score (nSPS) is 21.7. The Morgan fingerprint density at radius 2 is 1.95 bits per heavy atom. The number of nitrogens with zero attached hydrogens (tertiary/aromatic N) is 1. The van der Waals surface area contributed by atoms with E-state index in [0.717, 1.165) is 0 Å². The Morgan fingerprint density at radius 3 is 2.59 bits per heavy atom. The molecule has 8 heteroatoms. The van der Waals surface area contributed by atoms with E-state index in [1.54, 1.807) is 12.1 Å². The number of allylic oxidation sites excluding steroid dienone is 2. The van der Waals surface area contributed by atoms with Crippen LogP contribution in [0.4, 0.5) is 0 Å². The molecule has 2 unspecified atom stereocenters. The number of benzene rings is 1. The molecule has 5 N–H and O–H groups in total. The Balaban J connectivity index is 2.25. The van der Waals surface area contributed by atoms with Crippen LogP contribution >= 0.6 is 7.75 Å². The lowest BCUT2D eigenvalue weighted by Gasteiger charge is -2.23. The molecule has 0 saturated heterocycles. The van der Waals surface area contributed by atoms with Gasteiger partial charge in [0, 0.05) is 5.92 Å². The summed E-state index contributed by atoms with van der Waals surface area (Å²) in [5.41, 5.74) is 0.629. The summed E-state index contributed by atoms with van der Waals surface area (Å²) in [6.45, 7) is 0. The molecule has 0 saturated carbocycles. The van der Waals surface area contributed by atoms with Gasteiger partial charge in [0.1, 0.15) is 11.5 Å². The van der Waals surface area contributed by atoms with Crippen molar-refractivity contribution in [1.29, 1.82) is 0 Å². The van der Waals surface area contributed by atoms with Crippen molar-refractivity contribution >= 4 is 13.5 Å². The van der Waals surface area contributed by atoms with Crippen LogP contribution in [-0.2, 0) is 11.0 Å². The molecule has 2 atom stereocenters. The lowest BCUT2D eigenvalue weighted by molar-refractivity contribution is 0.154. The van der Waals surface area contributed by atoms with Crippen molar-refractivity contribution in [3.8, 4) is 5.75 Å². The van der Waals surface area contributed by atoms with Gasteiger partial charge in [-0.15, -0.1) is 0 Å². The summed E-state index contributed by atoms with van der Waals surface area (Å²) in [4.78, 5) is 17.9. The predicted octanol–water partition coefficient (Wildman–Crippen LogP) is 1.46. The molecule has 2 rings (SSSR count). The van der Waals surface area contributed by atoms with Gasteiger partial charge in [-0.3, -0.25) is 0 Å². The average molecular weight is 325 g/mol. The molecule has 0 radical (unpaired) electrons. The zero-order valence-corrected chi connectivity index (χ0v) is 12.3. The number of phenols is 1. The molecule has 1 aliphatic carbocycles. The van der Waals surface area contributed by atoms with E-state index in [2.05, 4.69) is 4.76 Å². The first-order chi connectivity index (χ1) is 10.2. The van der Waals surface area contributed by atoms with Crippen molar-refractivity contribution < 1.29 is 29.7 Å². The third-order valence-electron chi connectivity index (χ3n) is 3.13. The van der Waals surface area contributed by atoms with E-state index in [1.807, 2.05) is 0 Å². The second-order valence-electron chi connectivity index (χ2n) is 4.93. The zero-order valence-electron chi connectivity index (χ0n) is 11.4. The third-order valence-corrected chi connectivity index (χ3v) is 3.62. The van der Waals surface area contributed by atoms with Crippen molar-refractivity contribution in [1.82, 2.24) is 0 Å². The van der Waals surface area contributed by atoms with Gasteiger partial charge in [-0.25, -0.2) is 4.57 Å². The van der Waals surface area contributed by atoms with Crippen LogP contribution in [0.2, 0.25) is 0 Å². The van der Waals surface area contributed by atoms with Gasteiger partial charge in [0.05, 0.1) is 11.8 Å². The Kier molecular flexibility index (Phi) is 4.83. The third kappa shape index (κ3) is 4.54. The Labute approximate surface area is 126 Å². The van der Waals surface area contributed by atoms with E-state index in [4.69, 9.17) is 9.79 Å². The SMILES string of the molecule is O=P(O)(O)N=C1C=CC(O)=CC1C(O)Cc1cccc(O)c1. The molecule has 1 aromatic carbocycles. The molecular formula is C14H16NO6P. The molecule has 0 aliphatic heterocycles. The van der Waals surface area contributed by atoms with Crippen molar-refractivity contribution in [2.24, 2.45) is 10.7 Å². The fraction of sp³-hybridized carbons (Fsp3) is 0.214. The lowest BCUT2D eigenvalue weighted by Crippen LogP contribution is -2.29. The first-order valence-corrected chi connectivity index (χ1v) is 8.01. The average Bonchev–Trinajstić information content (AvgIpc) is 2.39. The highest BCUT2D eigenvalue weighted by molar-refractivity contribution is 7.50. The van der Waals surface area contributed by atoms with Crippen molar-refractivity contribution in [3.63, 3.8) is 0 Å². The summed E-state index contributed by atoms with van der Waals surface area (Å²) < 4.78 is 14.3. The van der Waals surface area contributed by atoms with E-state index >= 15 is 0 Å². The molecule has 1 aliphatic rings. The van der Waals surface area contributed by atoms with Crippen LogP contribution in [0.5, 0.6) is 5.75 Å². The summed E-state index contributed by atoms with van der Waals surface area (Å²) in [7, 11) is -4.65. The van der Waals surface area contributed by atoms with Crippen LogP contribution in [-0.4, -0.2) is 36.9 Å². The van der Waals surface area contributed by atoms with E-state index in [9.17, 15) is 19.9 Å². The Morgan fingerprint density at radius 1 is 1.23 bits per heavy atom. The van der Waals surface area contributed by atoms with Crippen molar-refractivity contribution in [2.45, 2.75) is 12.5 Å².